The van der Waals surface area contributed by atoms with E-state index in [0.717, 1.165) is 16.7 Å². The molecular formula is C27H21N3O5S. The van der Waals surface area contributed by atoms with E-state index >= 15 is 0 Å². The van der Waals surface area contributed by atoms with E-state index in [1.54, 1.807) is 84.9 Å². The zero-order valence-corrected chi connectivity index (χ0v) is 19.8. The first kappa shape index (κ1) is 23.5. The molecule has 3 aromatic carbocycles. The molecule has 8 nitrogen and oxygen atoms in total. The van der Waals surface area contributed by atoms with Gasteiger partial charge in [-0.05, 0) is 36.0 Å². The summed E-state index contributed by atoms with van der Waals surface area (Å²) in [5, 5.41) is 21.2. The lowest BCUT2D eigenvalue weighted by Crippen LogP contribution is -2.52. The van der Waals surface area contributed by atoms with Crippen LogP contribution in [0.25, 0.3) is 5.76 Å². The fourth-order valence-electron chi connectivity index (χ4n) is 4.31. The fraction of sp³-hybridized carbons (Fsp3) is 0.111. The molecule has 2 heterocycles. The minimum absolute atomic E-state index is 0.223. The summed E-state index contributed by atoms with van der Waals surface area (Å²) in [6, 6.07) is 26.0. The van der Waals surface area contributed by atoms with Crippen LogP contribution in [0.4, 0.5) is 11.4 Å². The van der Waals surface area contributed by atoms with Gasteiger partial charge in [0.25, 0.3) is 17.6 Å². The van der Waals surface area contributed by atoms with Crippen LogP contribution in [-0.4, -0.2) is 55.9 Å². The topological polar surface area (TPSA) is 111 Å². The van der Waals surface area contributed by atoms with Crippen molar-refractivity contribution in [2.24, 2.45) is 4.99 Å². The number of aliphatic hydroxyl groups excluding tert-OH is 2. The molecule has 1 atom stereocenters. The highest BCUT2D eigenvalue weighted by atomic mass is 32.2. The Bertz CT molecular complexity index is 1390. The number of aliphatic imine (C=N–C) groups is 1. The number of rotatable bonds is 5. The maximum Gasteiger partial charge on any atom is 0.296 e. The van der Waals surface area contributed by atoms with Gasteiger partial charge < -0.3 is 15.1 Å². The number of hydrogen-bond donors (Lipinski definition) is 2. The van der Waals surface area contributed by atoms with Crippen LogP contribution in [0.2, 0.25) is 0 Å². The van der Waals surface area contributed by atoms with Gasteiger partial charge in [0, 0.05) is 12.1 Å². The Kier molecular flexibility index (Phi) is 6.17. The molecule has 2 fully saturated rings. The maximum atomic E-state index is 14.3. The molecule has 2 amide bonds. The zero-order chi connectivity index (χ0) is 25.3. The van der Waals surface area contributed by atoms with E-state index in [0.29, 0.717) is 11.4 Å². The first-order valence-corrected chi connectivity index (χ1v) is 12.0. The van der Waals surface area contributed by atoms with Gasteiger partial charge in [0.2, 0.25) is 4.87 Å². The molecule has 1 spiro atoms. The van der Waals surface area contributed by atoms with Crippen molar-refractivity contribution in [1.29, 1.82) is 0 Å². The number of anilines is 1. The van der Waals surface area contributed by atoms with Gasteiger partial charge in [-0.3, -0.25) is 19.3 Å². The van der Waals surface area contributed by atoms with E-state index in [9.17, 15) is 24.6 Å². The molecule has 3 aromatic rings. The number of carbonyl (C=O) groups is 3. The molecule has 0 aromatic heterocycles. The fourth-order valence-corrected chi connectivity index (χ4v) is 5.76. The molecule has 0 aliphatic carbocycles. The standard InChI is InChI=1S/C27H21N3O5S/c31-17-16-29-24(34)23(33)21(22(32)18-10-4-1-5-11-18)27(29)25(35)30(20-14-8-3-9-15-20)26(36-27)28-19-12-6-2-7-13-19/h1-15,31-32H,16-17H2/b22-21-,28-26?. The molecule has 5 rings (SSSR count). The first-order valence-electron chi connectivity index (χ1n) is 11.2. The number of benzene rings is 3. The van der Waals surface area contributed by atoms with E-state index in [1.807, 2.05) is 6.07 Å². The second kappa shape index (κ2) is 9.44. The molecule has 9 heteroatoms. The molecule has 36 heavy (non-hydrogen) atoms. The van der Waals surface area contributed by atoms with Crippen LogP contribution in [0.1, 0.15) is 5.56 Å². The van der Waals surface area contributed by atoms with E-state index in [2.05, 4.69) is 4.99 Å². The zero-order valence-electron chi connectivity index (χ0n) is 18.9. The number of likely N-dealkylation sites (tertiary alicyclic amines) is 1. The van der Waals surface area contributed by atoms with E-state index in [4.69, 9.17) is 0 Å². The van der Waals surface area contributed by atoms with Gasteiger partial charge in [-0.1, -0.05) is 66.7 Å². The van der Waals surface area contributed by atoms with Crippen molar-refractivity contribution in [2.75, 3.05) is 18.1 Å². The van der Waals surface area contributed by atoms with Crippen LogP contribution in [0.3, 0.4) is 0 Å². The second-order valence-electron chi connectivity index (χ2n) is 8.05. The largest absolute Gasteiger partial charge is 0.507 e. The van der Waals surface area contributed by atoms with Gasteiger partial charge in [-0.25, -0.2) is 4.99 Å². The summed E-state index contributed by atoms with van der Waals surface area (Å²) in [6.07, 6.45) is 0. The molecule has 0 radical (unpaired) electrons. The summed E-state index contributed by atoms with van der Waals surface area (Å²) in [7, 11) is 0. The number of thioether (sulfide) groups is 1. The highest BCUT2D eigenvalue weighted by Crippen LogP contribution is 2.52. The molecule has 2 aliphatic rings. The molecule has 2 aliphatic heterocycles. The Morgan fingerprint density at radius 2 is 1.44 bits per heavy atom. The number of amides is 2. The molecular weight excluding hydrogens is 478 g/mol. The third-order valence-corrected chi connectivity index (χ3v) is 7.26. The normalized spacial score (nSPS) is 22.2. The summed E-state index contributed by atoms with van der Waals surface area (Å²) in [5.41, 5.74) is 0.983. The van der Waals surface area contributed by atoms with Gasteiger partial charge in [0.15, 0.2) is 5.17 Å². The summed E-state index contributed by atoms with van der Waals surface area (Å²) in [5.74, 6) is -3.08. The quantitative estimate of drug-likeness (QED) is 0.316. The van der Waals surface area contributed by atoms with Crippen LogP contribution in [-0.2, 0) is 14.4 Å². The van der Waals surface area contributed by atoms with Crippen LogP contribution in [0.15, 0.2) is 102 Å². The molecule has 180 valence electrons. The van der Waals surface area contributed by atoms with Gasteiger partial charge in [-0.15, -0.1) is 0 Å². The summed E-state index contributed by atoms with van der Waals surface area (Å²) >= 11 is 0.895. The van der Waals surface area contributed by atoms with E-state index in [-0.39, 0.29) is 22.8 Å². The Morgan fingerprint density at radius 1 is 0.861 bits per heavy atom. The Morgan fingerprint density at radius 3 is 2.06 bits per heavy atom. The highest BCUT2D eigenvalue weighted by Gasteiger charge is 2.67. The molecule has 2 N–H and O–H groups in total. The number of aliphatic hydroxyl groups is 2. The number of hydrogen-bond acceptors (Lipinski definition) is 7. The van der Waals surface area contributed by atoms with Crippen molar-refractivity contribution < 1.29 is 24.6 Å². The Labute approximate surface area is 211 Å². The van der Waals surface area contributed by atoms with Crippen molar-refractivity contribution >= 4 is 51.7 Å². The van der Waals surface area contributed by atoms with Crippen molar-refractivity contribution in [3.63, 3.8) is 0 Å². The predicted octanol–water partition coefficient (Wildman–Crippen LogP) is 3.52. The lowest BCUT2D eigenvalue weighted by atomic mass is 9.99. The van der Waals surface area contributed by atoms with Crippen LogP contribution >= 0.6 is 11.8 Å². The smallest absolute Gasteiger partial charge is 0.296 e. The van der Waals surface area contributed by atoms with Crippen LogP contribution < -0.4 is 4.90 Å². The van der Waals surface area contributed by atoms with Crippen molar-refractivity contribution in [3.05, 3.63) is 102 Å². The van der Waals surface area contributed by atoms with E-state index < -0.39 is 34.8 Å². The van der Waals surface area contributed by atoms with E-state index in [1.165, 1.54) is 4.90 Å². The molecule has 1 unspecified atom stereocenters. The van der Waals surface area contributed by atoms with Crippen molar-refractivity contribution in [1.82, 2.24) is 4.90 Å². The Hall–Kier alpha value is -4.21. The highest BCUT2D eigenvalue weighted by molar-refractivity contribution is 8.17. The molecule has 2 saturated heterocycles. The lowest BCUT2D eigenvalue weighted by molar-refractivity contribution is -0.141. The number of amidine groups is 1. The number of Topliss-reactive ketones (excluding diaryl/α,β-unsaturated/α-hetero) is 1. The van der Waals surface area contributed by atoms with Crippen molar-refractivity contribution in [2.45, 2.75) is 4.87 Å². The third-order valence-electron chi connectivity index (χ3n) is 5.91. The molecule has 0 bridgehead atoms. The van der Waals surface area contributed by atoms with Gasteiger partial charge in [-0.2, -0.15) is 0 Å². The average Bonchev–Trinajstić information content (AvgIpc) is 3.30. The minimum atomic E-state index is -1.94. The van der Waals surface area contributed by atoms with Gasteiger partial charge in [0.05, 0.1) is 23.6 Å². The Balaban J connectivity index is 1.78. The van der Waals surface area contributed by atoms with Gasteiger partial charge >= 0.3 is 0 Å². The SMILES string of the molecule is O=C1C(=O)N(CCO)C2(SC(=Nc3ccccc3)N(c3ccccc3)C2=O)/C1=C(\O)c1ccccc1. The van der Waals surface area contributed by atoms with Crippen LogP contribution in [0, 0.1) is 0 Å². The van der Waals surface area contributed by atoms with Gasteiger partial charge in [0.1, 0.15) is 5.76 Å². The third kappa shape index (κ3) is 3.69. The number of β-amino-alcohol motifs (C(OH)–C–C–N with tert-alkyl or cyclic N) is 1. The first-order chi connectivity index (χ1) is 17.5. The number of para-hydroxylation sites is 2. The predicted molar refractivity (Wildman–Crippen MR) is 138 cm³/mol. The van der Waals surface area contributed by atoms with Crippen LogP contribution in [0.5, 0.6) is 0 Å². The summed E-state index contributed by atoms with van der Waals surface area (Å²) in [6.45, 7) is -0.763. The number of carbonyl (C=O) groups excluding carboxylic acids is 3. The second-order valence-corrected chi connectivity index (χ2v) is 9.21. The lowest BCUT2D eigenvalue weighted by Gasteiger charge is -2.31. The molecule has 0 saturated carbocycles. The minimum Gasteiger partial charge on any atom is -0.507 e. The summed E-state index contributed by atoms with van der Waals surface area (Å²) in [4.78, 5) is 45.9. The maximum absolute atomic E-state index is 14.3. The average molecular weight is 500 g/mol. The number of ketones is 1. The van der Waals surface area contributed by atoms with Crippen molar-refractivity contribution in [3.8, 4) is 0 Å². The summed E-state index contributed by atoms with van der Waals surface area (Å²) < 4.78 is 0. The number of nitrogens with zero attached hydrogens (tertiary/aromatic N) is 3. The monoisotopic (exact) mass is 499 g/mol.